The molecule has 0 saturated heterocycles. The smallest absolute Gasteiger partial charge is 0.282 e. The van der Waals surface area contributed by atoms with Crippen LogP contribution in [0.5, 0.6) is 0 Å². The van der Waals surface area contributed by atoms with Crippen molar-refractivity contribution in [2.75, 3.05) is 0 Å². The number of hydrogen-bond acceptors (Lipinski definition) is 2. The summed E-state index contributed by atoms with van der Waals surface area (Å²) >= 11 is 0. The molecular formula is C10H14F2N2O. The number of aliphatic hydroxyl groups is 1. The summed E-state index contributed by atoms with van der Waals surface area (Å²) in [5, 5.41) is 13.3. The van der Waals surface area contributed by atoms with Gasteiger partial charge >= 0.3 is 0 Å². The summed E-state index contributed by atoms with van der Waals surface area (Å²) in [7, 11) is 1.63. The molecule has 1 aromatic rings. The second kappa shape index (κ2) is 3.56. The molecule has 0 amide bonds. The Labute approximate surface area is 86.7 Å². The minimum atomic E-state index is -2.53. The first-order valence-electron chi connectivity index (χ1n) is 5.03. The fraction of sp³-hybridized carbons (Fsp3) is 0.700. The monoisotopic (exact) mass is 216 g/mol. The summed E-state index contributed by atoms with van der Waals surface area (Å²) in [5.74, 6) is 0. The number of aromatic nitrogens is 2. The van der Waals surface area contributed by atoms with Gasteiger partial charge in [-0.05, 0) is 31.2 Å². The Hall–Kier alpha value is -0.970. The molecule has 1 N–H and O–H groups in total. The molecular weight excluding hydrogens is 202 g/mol. The summed E-state index contributed by atoms with van der Waals surface area (Å²) in [6.45, 7) is 0. The Morgan fingerprint density at radius 2 is 2.27 bits per heavy atom. The summed E-state index contributed by atoms with van der Waals surface area (Å²) in [6.07, 6.45) is 1.68. The Morgan fingerprint density at radius 1 is 1.60 bits per heavy atom. The molecule has 0 aromatic carbocycles. The second-order valence-electron chi connectivity index (χ2n) is 4.24. The van der Waals surface area contributed by atoms with E-state index < -0.39 is 12.0 Å². The van der Waals surface area contributed by atoms with Crippen LogP contribution in [0.15, 0.2) is 6.20 Å². The van der Waals surface area contributed by atoms with Crippen molar-refractivity contribution in [3.63, 3.8) is 0 Å². The maximum Gasteiger partial charge on any atom is 0.282 e. The largest absolute Gasteiger partial charge is 0.390 e. The van der Waals surface area contributed by atoms with E-state index in [9.17, 15) is 13.9 Å². The van der Waals surface area contributed by atoms with Gasteiger partial charge in [0.05, 0.1) is 5.60 Å². The molecule has 0 unspecified atom stereocenters. The molecule has 0 aliphatic heterocycles. The normalized spacial score (nSPS) is 18.5. The predicted octanol–water partition coefficient (Wildman–Crippen LogP) is 1.82. The Kier molecular flexibility index (Phi) is 2.50. The van der Waals surface area contributed by atoms with E-state index in [1.165, 1.54) is 4.68 Å². The highest BCUT2D eigenvalue weighted by Crippen LogP contribution is 2.39. The van der Waals surface area contributed by atoms with Crippen molar-refractivity contribution in [3.05, 3.63) is 17.5 Å². The van der Waals surface area contributed by atoms with Crippen LogP contribution < -0.4 is 0 Å². The predicted molar refractivity (Wildman–Crippen MR) is 50.7 cm³/mol. The van der Waals surface area contributed by atoms with Crippen LogP contribution in [0.3, 0.4) is 0 Å². The Balaban J connectivity index is 2.05. The van der Waals surface area contributed by atoms with E-state index in [4.69, 9.17) is 0 Å². The summed E-state index contributed by atoms with van der Waals surface area (Å²) in [4.78, 5) is 0. The van der Waals surface area contributed by atoms with Gasteiger partial charge < -0.3 is 5.11 Å². The van der Waals surface area contributed by atoms with Gasteiger partial charge in [0.25, 0.3) is 6.43 Å². The number of aryl methyl sites for hydroxylation is 2. The molecule has 3 nitrogen and oxygen atoms in total. The Morgan fingerprint density at radius 3 is 2.80 bits per heavy atom. The van der Waals surface area contributed by atoms with Gasteiger partial charge in [0.1, 0.15) is 5.69 Å². The molecule has 0 bridgehead atoms. The molecule has 0 radical (unpaired) electrons. The van der Waals surface area contributed by atoms with Crippen LogP contribution in [0.2, 0.25) is 0 Å². The molecule has 1 aliphatic rings. The van der Waals surface area contributed by atoms with Gasteiger partial charge in [-0.25, -0.2) is 8.78 Å². The standard InChI is InChI=1S/C10H14F2N2O/c1-14-6-7(8(13-14)9(11)12)2-3-10(15)4-5-10/h6,9,15H,2-5H2,1H3. The Bertz CT molecular complexity index is 358. The number of nitrogens with zero attached hydrogens (tertiary/aromatic N) is 2. The zero-order chi connectivity index (χ0) is 11.1. The zero-order valence-electron chi connectivity index (χ0n) is 8.58. The molecule has 1 aromatic heterocycles. The topological polar surface area (TPSA) is 38.0 Å². The number of hydrogen-bond donors (Lipinski definition) is 1. The minimum Gasteiger partial charge on any atom is -0.390 e. The van der Waals surface area contributed by atoms with Gasteiger partial charge in [-0.1, -0.05) is 0 Å². The van der Waals surface area contributed by atoms with Crippen molar-refractivity contribution < 1.29 is 13.9 Å². The first-order valence-corrected chi connectivity index (χ1v) is 5.03. The third kappa shape index (κ3) is 2.34. The van der Waals surface area contributed by atoms with Crippen LogP contribution in [0, 0.1) is 0 Å². The van der Waals surface area contributed by atoms with Crippen LogP contribution in [0.4, 0.5) is 8.78 Å². The maximum atomic E-state index is 12.5. The minimum absolute atomic E-state index is 0.151. The van der Waals surface area contributed by atoms with Crippen LogP contribution >= 0.6 is 0 Å². The van der Waals surface area contributed by atoms with Gasteiger partial charge in [0.2, 0.25) is 0 Å². The second-order valence-corrected chi connectivity index (χ2v) is 4.24. The molecule has 2 rings (SSSR count). The average Bonchev–Trinajstić information content (AvgIpc) is 2.75. The molecule has 1 fully saturated rings. The van der Waals surface area contributed by atoms with E-state index in [1.807, 2.05) is 0 Å². The third-order valence-electron chi connectivity index (χ3n) is 2.83. The third-order valence-corrected chi connectivity index (χ3v) is 2.83. The number of rotatable bonds is 4. The average molecular weight is 216 g/mol. The highest BCUT2D eigenvalue weighted by Gasteiger charge is 2.39. The fourth-order valence-electron chi connectivity index (χ4n) is 1.69. The number of alkyl halides is 2. The first kappa shape index (κ1) is 10.5. The van der Waals surface area contributed by atoms with Crippen molar-refractivity contribution in [1.29, 1.82) is 0 Å². The molecule has 1 saturated carbocycles. The van der Waals surface area contributed by atoms with E-state index in [2.05, 4.69) is 5.10 Å². The van der Waals surface area contributed by atoms with E-state index in [0.29, 0.717) is 18.4 Å². The molecule has 1 aliphatic carbocycles. The van der Waals surface area contributed by atoms with Crippen LogP contribution in [0.25, 0.3) is 0 Å². The van der Waals surface area contributed by atoms with Crippen molar-refractivity contribution in [2.24, 2.45) is 7.05 Å². The van der Waals surface area contributed by atoms with Crippen LogP contribution in [-0.4, -0.2) is 20.5 Å². The highest BCUT2D eigenvalue weighted by molar-refractivity contribution is 5.19. The summed E-state index contributed by atoms with van der Waals surface area (Å²) < 4.78 is 26.5. The zero-order valence-corrected chi connectivity index (χ0v) is 8.58. The SMILES string of the molecule is Cn1cc(CCC2(O)CC2)c(C(F)F)n1. The lowest BCUT2D eigenvalue weighted by molar-refractivity contribution is 0.135. The molecule has 0 spiro atoms. The van der Waals surface area contributed by atoms with Crippen LogP contribution in [0.1, 0.15) is 36.9 Å². The lowest BCUT2D eigenvalue weighted by atomic mass is 10.1. The van der Waals surface area contributed by atoms with Gasteiger partial charge in [-0.3, -0.25) is 4.68 Å². The lowest BCUT2D eigenvalue weighted by Gasteiger charge is -2.06. The van der Waals surface area contributed by atoms with E-state index in [-0.39, 0.29) is 5.69 Å². The quantitative estimate of drug-likeness (QED) is 0.833. The van der Waals surface area contributed by atoms with Crippen molar-refractivity contribution >= 4 is 0 Å². The van der Waals surface area contributed by atoms with Gasteiger partial charge in [-0.15, -0.1) is 0 Å². The number of halogens is 2. The molecule has 5 heteroatoms. The summed E-state index contributed by atoms with van der Waals surface area (Å²) in [6, 6.07) is 0. The molecule has 0 atom stereocenters. The first-order chi connectivity index (χ1) is 7.00. The summed E-state index contributed by atoms with van der Waals surface area (Å²) in [5.41, 5.74) is -0.190. The van der Waals surface area contributed by atoms with Gasteiger partial charge in [0, 0.05) is 13.2 Å². The van der Waals surface area contributed by atoms with Gasteiger partial charge in [-0.2, -0.15) is 5.10 Å². The van der Waals surface area contributed by atoms with Crippen molar-refractivity contribution in [1.82, 2.24) is 9.78 Å². The highest BCUT2D eigenvalue weighted by atomic mass is 19.3. The molecule has 15 heavy (non-hydrogen) atoms. The lowest BCUT2D eigenvalue weighted by Crippen LogP contribution is -2.08. The van der Waals surface area contributed by atoms with Crippen molar-refractivity contribution in [3.8, 4) is 0 Å². The molecule has 84 valence electrons. The van der Waals surface area contributed by atoms with E-state index in [0.717, 1.165) is 12.8 Å². The maximum absolute atomic E-state index is 12.5. The van der Waals surface area contributed by atoms with E-state index >= 15 is 0 Å². The van der Waals surface area contributed by atoms with Crippen LogP contribution in [-0.2, 0) is 13.5 Å². The molecule has 1 heterocycles. The van der Waals surface area contributed by atoms with Crippen molar-refractivity contribution in [2.45, 2.75) is 37.7 Å². The van der Waals surface area contributed by atoms with E-state index in [1.54, 1.807) is 13.2 Å². The van der Waals surface area contributed by atoms with Gasteiger partial charge in [0.15, 0.2) is 0 Å². The fourth-order valence-corrected chi connectivity index (χ4v) is 1.69.